The van der Waals surface area contributed by atoms with Crippen molar-refractivity contribution in [3.05, 3.63) is 18.3 Å². The SMILES string of the molecule is CN(CCN1CCOCC1)c1ccc(N)cn1. The van der Waals surface area contributed by atoms with Gasteiger partial charge < -0.3 is 15.4 Å². The minimum absolute atomic E-state index is 0.704. The molecular weight excluding hydrogens is 216 g/mol. The van der Waals surface area contributed by atoms with Crippen molar-refractivity contribution in [2.75, 3.05) is 57.1 Å². The van der Waals surface area contributed by atoms with Crippen molar-refractivity contribution in [3.8, 4) is 0 Å². The first kappa shape index (κ1) is 12.1. The van der Waals surface area contributed by atoms with Crippen LogP contribution in [0.2, 0.25) is 0 Å². The van der Waals surface area contributed by atoms with E-state index in [1.165, 1.54) is 0 Å². The van der Waals surface area contributed by atoms with Gasteiger partial charge >= 0.3 is 0 Å². The third kappa shape index (κ3) is 3.57. The summed E-state index contributed by atoms with van der Waals surface area (Å²) >= 11 is 0. The number of rotatable bonds is 4. The maximum absolute atomic E-state index is 5.61. The topological polar surface area (TPSA) is 54.6 Å². The predicted molar refractivity (Wildman–Crippen MR) is 69.2 cm³/mol. The Morgan fingerprint density at radius 1 is 1.41 bits per heavy atom. The van der Waals surface area contributed by atoms with E-state index in [2.05, 4.69) is 21.8 Å². The molecular formula is C12H20N4O. The zero-order valence-electron chi connectivity index (χ0n) is 10.3. The number of anilines is 2. The Morgan fingerprint density at radius 2 is 2.18 bits per heavy atom. The minimum atomic E-state index is 0.704. The second-order valence-corrected chi connectivity index (χ2v) is 4.33. The second kappa shape index (κ2) is 5.84. The molecule has 1 fully saturated rings. The molecule has 0 bridgehead atoms. The zero-order valence-corrected chi connectivity index (χ0v) is 10.3. The summed E-state index contributed by atoms with van der Waals surface area (Å²) in [6.07, 6.45) is 1.70. The lowest BCUT2D eigenvalue weighted by Crippen LogP contribution is -2.40. The van der Waals surface area contributed by atoms with Gasteiger partial charge in [-0.05, 0) is 12.1 Å². The molecule has 2 heterocycles. The standard InChI is InChI=1S/C12H20N4O/c1-15(12-3-2-11(13)10-14-12)4-5-16-6-8-17-9-7-16/h2-3,10H,4-9,13H2,1H3. The predicted octanol–water partition coefficient (Wildman–Crippen LogP) is 0.432. The van der Waals surface area contributed by atoms with E-state index in [0.717, 1.165) is 45.2 Å². The van der Waals surface area contributed by atoms with Crippen LogP contribution in [0.4, 0.5) is 11.5 Å². The highest BCUT2D eigenvalue weighted by Crippen LogP contribution is 2.10. The molecule has 0 radical (unpaired) electrons. The molecule has 5 nitrogen and oxygen atoms in total. The Hall–Kier alpha value is -1.33. The molecule has 2 N–H and O–H groups in total. The van der Waals surface area contributed by atoms with Crippen LogP contribution in [-0.2, 0) is 4.74 Å². The highest BCUT2D eigenvalue weighted by molar-refractivity contribution is 5.45. The number of nitrogens with zero attached hydrogens (tertiary/aromatic N) is 3. The number of aromatic nitrogens is 1. The van der Waals surface area contributed by atoms with Crippen LogP contribution < -0.4 is 10.6 Å². The van der Waals surface area contributed by atoms with Gasteiger partial charge in [-0.25, -0.2) is 4.98 Å². The molecule has 1 aliphatic rings. The molecule has 1 saturated heterocycles. The van der Waals surface area contributed by atoms with E-state index >= 15 is 0 Å². The lowest BCUT2D eigenvalue weighted by atomic mass is 10.3. The fourth-order valence-corrected chi connectivity index (χ4v) is 1.85. The highest BCUT2D eigenvalue weighted by Gasteiger charge is 2.11. The van der Waals surface area contributed by atoms with Crippen molar-refractivity contribution in [2.45, 2.75) is 0 Å². The second-order valence-electron chi connectivity index (χ2n) is 4.33. The summed E-state index contributed by atoms with van der Waals surface area (Å²) in [5.74, 6) is 0.965. The van der Waals surface area contributed by atoms with Crippen molar-refractivity contribution >= 4 is 11.5 Å². The molecule has 1 aliphatic heterocycles. The number of ether oxygens (including phenoxy) is 1. The lowest BCUT2D eigenvalue weighted by Gasteiger charge is -2.28. The lowest BCUT2D eigenvalue weighted by molar-refractivity contribution is 0.0393. The summed E-state index contributed by atoms with van der Waals surface area (Å²) in [5, 5.41) is 0. The van der Waals surface area contributed by atoms with E-state index in [9.17, 15) is 0 Å². The van der Waals surface area contributed by atoms with Crippen LogP contribution in [0.5, 0.6) is 0 Å². The van der Waals surface area contributed by atoms with Crippen LogP contribution in [0.3, 0.4) is 0 Å². The van der Waals surface area contributed by atoms with Gasteiger partial charge in [0.2, 0.25) is 0 Å². The van der Waals surface area contributed by atoms with E-state index in [0.29, 0.717) is 5.69 Å². The molecule has 0 spiro atoms. The summed E-state index contributed by atoms with van der Waals surface area (Å²) in [6, 6.07) is 3.84. The van der Waals surface area contributed by atoms with Crippen LogP contribution >= 0.6 is 0 Å². The fourth-order valence-electron chi connectivity index (χ4n) is 1.85. The molecule has 1 aromatic heterocycles. The quantitative estimate of drug-likeness (QED) is 0.821. The number of hydrogen-bond donors (Lipinski definition) is 1. The van der Waals surface area contributed by atoms with Gasteiger partial charge in [-0.15, -0.1) is 0 Å². The average Bonchev–Trinajstić information content (AvgIpc) is 2.38. The number of morpholine rings is 1. The molecule has 0 aliphatic carbocycles. The maximum atomic E-state index is 5.61. The molecule has 5 heteroatoms. The number of pyridine rings is 1. The summed E-state index contributed by atoms with van der Waals surface area (Å²) in [5.41, 5.74) is 6.32. The summed E-state index contributed by atoms with van der Waals surface area (Å²) in [6.45, 7) is 5.78. The van der Waals surface area contributed by atoms with Crippen molar-refractivity contribution in [3.63, 3.8) is 0 Å². The molecule has 17 heavy (non-hydrogen) atoms. The average molecular weight is 236 g/mol. The van der Waals surface area contributed by atoms with Crippen LogP contribution in [0.1, 0.15) is 0 Å². The van der Waals surface area contributed by atoms with Gasteiger partial charge in [-0.2, -0.15) is 0 Å². The fraction of sp³-hybridized carbons (Fsp3) is 0.583. The first-order valence-electron chi connectivity index (χ1n) is 5.98. The number of hydrogen-bond acceptors (Lipinski definition) is 5. The Labute approximate surface area is 102 Å². The normalized spacial score (nSPS) is 17.0. The van der Waals surface area contributed by atoms with Gasteiger partial charge in [0.05, 0.1) is 25.1 Å². The van der Waals surface area contributed by atoms with Crippen molar-refractivity contribution < 1.29 is 4.74 Å². The van der Waals surface area contributed by atoms with E-state index in [1.807, 2.05) is 12.1 Å². The first-order chi connectivity index (χ1) is 8.25. The Morgan fingerprint density at radius 3 is 2.82 bits per heavy atom. The Kier molecular flexibility index (Phi) is 4.17. The maximum Gasteiger partial charge on any atom is 0.128 e. The number of likely N-dealkylation sites (N-methyl/N-ethyl adjacent to an activating group) is 1. The van der Waals surface area contributed by atoms with Crippen molar-refractivity contribution in [2.24, 2.45) is 0 Å². The van der Waals surface area contributed by atoms with Gasteiger partial charge in [0, 0.05) is 33.2 Å². The largest absolute Gasteiger partial charge is 0.397 e. The highest BCUT2D eigenvalue weighted by atomic mass is 16.5. The van der Waals surface area contributed by atoms with Crippen LogP contribution in [-0.4, -0.2) is 56.3 Å². The third-order valence-corrected chi connectivity index (χ3v) is 3.02. The van der Waals surface area contributed by atoms with Crippen molar-refractivity contribution in [1.82, 2.24) is 9.88 Å². The van der Waals surface area contributed by atoms with E-state index < -0.39 is 0 Å². The van der Waals surface area contributed by atoms with Crippen LogP contribution in [0.25, 0.3) is 0 Å². The zero-order chi connectivity index (χ0) is 12.1. The molecule has 0 unspecified atom stereocenters. The van der Waals surface area contributed by atoms with Gasteiger partial charge in [-0.1, -0.05) is 0 Å². The molecule has 1 aromatic rings. The molecule has 0 atom stereocenters. The smallest absolute Gasteiger partial charge is 0.128 e. The van der Waals surface area contributed by atoms with Crippen molar-refractivity contribution in [1.29, 1.82) is 0 Å². The van der Waals surface area contributed by atoms with E-state index in [4.69, 9.17) is 10.5 Å². The molecule has 0 aromatic carbocycles. The minimum Gasteiger partial charge on any atom is -0.397 e. The Balaban J connectivity index is 1.80. The monoisotopic (exact) mass is 236 g/mol. The molecule has 0 amide bonds. The first-order valence-corrected chi connectivity index (χ1v) is 5.98. The summed E-state index contributed by atoms with van der Waals surface area (Å²) < 4.78 is 5.32. The molecule has 94 valence electrons. The molecule has 0 saturated carbocycles. The van der Waals surface area contributed by atoms with Gasteiger partial charge in [0.1, 0.15) is 5.82 Å². The van der Waals surface area contributed by atoms with E-state index in [1.54, 1.807) is 6.20 Å². The Bertz CT molecular complexity index is 335. The number of nitrogen functional groups attached to an aromatic ring is 1. The van der Waals surface area contributed by atoms with E-state index in [-0.39, 0.29) is 0 Å². The summed E-state index contributed by atoms with van der Waals surface area (Å²) in [7, 11) is 2.05. The van der Waals surface area contributed by atoms with Gasteiger partial charge in [0.15, 0.2) is 0 Å². The third-order valence-electron chi connectivity index (χ3n) is 3.02. The molecule has 2 rings (SSSR count). The summed E-state index contributed by atoms with van der Waals surface area (Å²) in [4.78, 5) is 8.86. The van der Waals surface area contributed by atoms with Gasteiger partial charge in [-0.3, -0.25) is 4.90 Å². The van der Waals surface area contributed by atoms with Crippen LogP contribution in [0.15, 0.2) is 18.3 Å². The van der Waals surface area contributed by atoms with Gasteiger partial charge in [0.25, 0.3) is 0 Å². The van der Waals surface area contributed by atoms with Crippen LogP contribution in [0, 0.1) is 0 Å². The number of nitrogens with two attached hydrogens (primary N) is 1.